The van der Waals surface area contributed by atoms with Gasteiger partial charge in [0.1, 0.15) is 5.82 Å². The summed E-state index contributed by atoms with van der Waals surface area (Å²) in [5, 5.41) is 7.72. The molecule has 0 saturated heterocycles. The van der Waals surface area contributed by atoms with Gasteiger partial charge in [0, 0.05) is 0 Å². The van der Waals surface area contributed by atoms with E-state index in [1.165, 1.54) is 18.2 Å². The molecule has 6 heteroatoms. The average Bonchev–Trinajstić information content (AvgIpc) is 2.72. The molecule has 0 aliphatic heterocycles. The first-order valence-electron chi connectivity index (χ1n) is 9.23. The standard InChI is InChI=1S/C23H22FN3O2/c1-16-11-13-18(14-12-16)22(17-7-3-2-4-8-17)25-15-21(28)27-23(29)26-20-10-6-5-9-19(20)24/h2-14,22,25H,15H2,1H3,(H2,26,27,28,29)/t22-/m0/s1. The Hall–Kier alpha value is -3.51. The number of para-hydroxylation sites is 1. The molecule has 3 N–H and O–H groups in total. The fourth-order valence-corrected chi connectivity index (χ4v) is 2.91. The molecule has 29 heavy (non-hydrogen) atoms. The lowest BCUT2D eigenvalue weighted by Crippen LogP contribution is -2.41. The molecule has 0 aliphatic rings. The first kappa shape index (κ1) is 20.2. The number of carbonyl (C=O) groups excluding carboxylic acids is 2. The fraction of sp³-hybridized carbons (Fsp3) is 0.130. The van der Waals surface area contributed by atoms with Gasteiger partial charge in [0.25, 0.3) is 0 Å². The average molecular weight is 391 g/mol. The van der Waals surface area contributed by atoms with Crippen molar-refractivity contribution in [2.75, 3.05) is 11.9 Å². The molecular formula is C23H22FN3O2. The summed E-state index contributed by atoms with van der Waals surface area (Å²) in [5.41, 5.74) is 3.15. The van der Waals surface area contributed by atoms with Crippen molar-refractivity contribution in [3.05, 3.63) is 101 Å². The molecule has 0 saturated carbocycles. The predicted octanol–water partition coefficient (Wildman–Crippen LogP) is 4.16. The number of anilines is 1. The molecular weight excluding hydrogens is 369 g/mol. The van der Waals surface area contributed by atoms with Crippen LogP contribution in [0.2, 0.25) is 0 Å². The number of benzene rings is 3. The van der Waals surface area contributed by atoms with Crippen molar-refractivity contribution in [3.63, 3.8) is 0 Å². The number of hydrogen-bond donors (Lipinski definition) is 3. The van der Waals surface area contributed by atoms with Gasteiger partial charge in [-0.2, -0.15) is 0 Å². The molecule has 148 valence electrons. The monoisotopic (exact) mass is 391 g/mol. The van der Waals surface area contributed by atoms with Crippen LogP contribution in [0.5, 0.6) is 0 Å². The largest absolute Gasteiger partial charge is 0.326 e. The summed E-state index contributed by atoms with van der Waals surface area (Å²) >= 11 is 0. The zero-order chi connectivity index (χ0) is 20.6. The molecule has 3 amide bonds. The van der Waals surface area contributed by atoms with Crippen molar-refractivity contribution in [1.29, 1.82) is 0 Å². The quantitative estimate of drug-likeness (QED) is 0.591. The van der Waals surface area contributed by atoms with Gasteiger partial charge in [-0.15, -0.1) is 0 Å². The summed E-state index contributed by atoms with van der Waals surface area (Å²) in [7, 11) is 0. The number of amides is 3. The minimum atomic E-state index is -0.784. The van der Waals surface area contributed by atoms with E-state index in [2.05, 4.69) is 16.0 Å². The molecule has 5 nitrogen and oxygen atoms in total. The molecule has 3 aromatic carbocycles. The summed E-state index contributed by atoms with van der Waals surface area (Å²) < 4.78 is 13.6. The second-order valence-electron chi connectivity index (χ2n) is 6.62. The van der Waals surface area contributed by atoms with Crippen LogP contribution in [-0.4, -0.2) is 18.5 Å². The number of nitrogens with one attached hydrogen (secondary N) is 3. The Morgan fingerprint density at radius 1 is 0.862 bits per heavy atom. The Balaban J connectivity index is 1.63. The van der Waals surface area contributed by atoms with Crippen LogP contribution in [0, 0.1) is 12.7 Å². The number of carbonyl (C=O) groups is 2. The second-order valence-corrected chi connectivity index (χ2v) is 6.62. The first-order chi connectivity index (χ1) is 14.0. The van der Waals surface area contributed by atoms with Crippen molar-refractivity contribution >= 4 is 17.6 Å². The maximum Gasteiger partial charge on any atom is 0.326 e. The first-order valence-corrected chi connectivity index (χ1v) is 9.23. The highest BCUT2D eigenvalue weighted by molar-refractivity contribution is 6.01. The van der Waals surface area contributed by atoms with Gasteiger partial charge in [0.15, 0.2) is 0 Å². The summed E-state index contributed by atoms with van der Waals surface area (Å²) in [6.45, 7) is 1.93. The SMILES string of the molecule is Cc1ccc([C@@H](NCC(=O)NC(=O)Nc2ccccc2F)c2ccccc2)cc1. The third-order valence-electron chi connectivity index (χ3n) is 4.39. The van der Waals surface area contributed by atoms with E-state index in [9.17, 15) is 14.0 Å². The number of aryl methyl sites for hydroxylation is 1. The van der Waals surface area contributed by atoms with Crippen molar-refractivity contribution < 1.29 is 14.0 Å². The highest BCUT2D eigenvalue weighted by Crippen LogP contribution is 2.22. The van der Waals surface area contributed by atoms with Gasteiger partial charge in [0.05, 0.1) is 18.3 Å². The highest BCUT2D eigenvalue weighted by atomic mass is 19.1. The maximum atomic E-state index is 13.6. The number of imide groups is 1. The van der Waals surface area contributed by atoms with Crippen LogP contribution in [0.3, 0.4) is 0 Å². The maximum absolute atomic E-state index is 13.6. The number of hydrogen-bond acceptors (Lipinski definition) is 3. The van der Waals surface area contributed by atoms with Crippen LogP contribution in [0.4, 0.5) is 14.9 Å². The van der Waals surface area contributed by atoms with Gasteiger partial charge in [-0.1, -0.05) is 72.3 Å². The fourth-order valence-electron chi connectivity index (χ4n) is 2.91. The van der Waals surface area contributed by atoms with Gasteiger partial charge >= 0.3 is 6.03 Å². The van der Waals surface area contributed by atoms with Crippen LogP contribution in [0.15, 0.2) is 78.9 Å². The molecule has 0 radical (unpaired) electrons. The topological polar surface area (TPSA) is 70.2 Å². The third kappa shape index (κ3) is 5.73. The van der Waals surface area contributed by atoms with Crippen molar-refractivity contribution in [2.45, 2.75) is 13.0 Å². The van der Waals surface area contributed by atoms with Crippen molar-refractivity contribution in [1.82, 2.24) is 10.6 Å². The van der Waals surface area contributed by atoms with Gasteiger partial charge in [0.2, 0.25) is 5.91 Å². The van der Waals surface area contributed by atoms with Gasteiger partial charge in [-0.05, 0) is 30.2 Å². The minimum Gasteiger partial charge on any atom is -0.305 e. The normalized spacial score (nSPS) is 11.5. The molecule has 0 aliphatic carbocycles. The molecule has 1 atom stereocenters. The molecule has 0 heterocycles. The lowest BCUT2D eigenvalue weighted by molar-refractivity contribution is -0.119. The van der Waals surface area contributed by atoms with Crippen LogP contribution in [-0.2, 0) is 4.79 Å². The zero-order valence-electron chi connectivity index (χ0n) is 16.0. The minimum absolute atomic E-state index is 0.00702. The number of urea groups is 1. The summed E-state index contributed by atoms with van der Waals surface area (Å²) in [5.74, 6) is -1.09. The molecule has 0 unspecified atom stereocenters. The highest BCUT2D eigenvalue weighted by Gasteiger charge is 2.16. The molecule has 3 rings (SSSR count). The van der Waals surface area contributed by atoms with E-state index in [0.29, 0.717) is 0 Å². The summed E-state index contributed by atoms with van der Waals surface area (Å²) in [4.78, 5) is 24.2. The Kier molecular flexibility index (Phi) is 6.71. The summed E-state index contributed by atoms with van der Waals surface area (Å²) in [6.07, 6.45) is 0. The Bertz CT molecular complexity index is 975. The van der Waals surface area contributed by atoms with Crippen LogP contribution >= 0.6 is 0 Å². The Morgan fingerprint density at radius 3 is 2.17 bits per heavy atom. The number of halogens is 1. The van der Waals surface area contributed by atoms with Gasteiger partial charge in [-0.3, -0.25) is 15.4 Å². The smallest absolute Gasteiger partial charge is 0.305 e. The molecule has 3 aromatic rings. The van der Waals surface area contributed by atoms with Gasteiger partial charge < -0.3 is 5.32 Å². The molecule has 0 aromatic heterocycles. The number of rotatable bonds is 6. The zero-order valence-corrected chi connectivity index (χ0v) is 16.0. The molecule has 0 fully saturated rings. The van der Waals surface area contributed by atoms with Crippen LogP contribution in [0.25, 0.3) is 0 Å². The predicted molar refractivity (Wildman–Crippen MR) is 111 cm³/mol. The Morgan fingerprint density at radius 2 is 1.48 bits per heavy atom. The van der Waals surface area contributed by atoms with E-state index in [4.69, 9.17) is 0 Å². The van der Waals surface area contributed by atoms with E-state index in [0.717, 1.165) is 16.7 Å². The summed E-state index contributed by atoms with van der Waals surface area (Å²) in [6, 6.07) is 22.5. The third-order valence-corrected chi connectivity index (χ3v) is 4.39. The van der Waals surface area contributed by atoms with E-state index in [1.807, 2.05) is 61.5 Å². The second kappa shape index (κ2) is 9.61. The van der Waals surface area contributed by atoms with E-state index >= 15 is 0 Å². The van der Waals surface area contributed by atoms with E-state index in [1.54, 1.807) is 6.07 Å². The lowest BCUT2D eigenvalue weighted by Gasteiger charge is -2.20. The lowest BCUT2D eigenvalue weighted by atomic mass is 9.98. The molecule has 0 spiro atoms. The van der Waals surface area contributed by atoms with E-state index in [-0.39, 0.29) is 18.3 Å². The van der Waals surface area contributed by atoms with Gasteiger partial charge in [-0.25, -0.2) is 9.18 Å². The van der Waals surface area contributed by atoms with Crippen LogP contribution < -0.4 is 16.0 Å². The molecule has 0 bridgehead atoms. The van der Waals surface area contributed by atoms with Crippen LogP contribution in [0.1, 0.15) is 22.7 Å². The van der Waals surface area contributed by atoms with Crippen molar-refractivity contribution in [2.24, 2.45) is 0 Å². The van der Waals surface area contributed by atoms with Crippen molar-refractivity contribution in [3.8, 4) is 0 Å². The Labute approximate surface area is 169 Å². The van der Waals surface area contributed by atoms with E-state index < -0.39 is 17.8 Å².